The molecule has 0 saturated carbocycles. The maximum absolute atomic E-state index is 11.1. The van der Waals surface area contributed by atoms with Crippen molar-refractivity contribution in [1.82, 2.24) is 29.4 Å². The van der Waals surface area contributed by atoms with Gasteiger partial charge in [0.05, 0.1) is 36.7 Å². The number of nitrogens with zero attached hydrogens (tertiary/aromatic N) is 6. The van der Waals surface area contributed by atoms with Gasteiger partial charge < -0.3 is 19.7 Å². The van der Waals surface area contributed by atoms with Gasteiger partial charge in [0, 0.05) is 47.9 Å². The van der Waals surface area contributed by atoms with Gasteiger partial charge in [-0.1, -0.05) is 23.2 Å². The van der Waals surface area contributed by atoms with Crippen molar-refractivity contribution in [2.24, 2.45) is 13.0 Å². The molecule has 0 atom stereocenters. The van der Waals surface area contributed by atoms with Crippen LogP contribution in [0.1, 0.15) is 30.5 Å². The topological polar surface area (TPSA) is 118 Å². The van der Waals surface area contributed by atoms with Crippen LogP contribution in [0.5, 0.6) is 11.6 Å². The first kappa shape index (κ1) is 33.4. The van der Waals surface area contributed by atoms with E-state index in [-0.39, 0.29) is 37.2 Å². The largest absolute Gasteiger partial charge is 0.481 e. The second kappa shape index (κ2) is 15.4. The highest BCUT2D eigenvalue weighted by molar-refractivity contribution is 6.35. The minimum absolute atomic E-state index is 0. The van der Waals surface area contributed by atoms with E-state index in [1.54, 1.807) is 24.8 Å². The summed E-state index contributed by atoms with van der Waals surface area (Å²) >= 11 is 12.5. The highest BCUT2D eigenvalue weighted by Gasteiger charge is 2.22. The lowest BCUT2D eigenvalue weighted by molar-refractivity contribution is -0.138. The van der Waals surface area contributed by atoms with Gasteiger partial charge in [-0.15, -0.1) is 24.8 Å². The first-order valence-corrected chi connectivity index (χ1v) is 13.7. The van der Waals surface area contributed by atoms with Crippen molar-refractivity contribution in [1.29, 1.82) is 0 Å². The molecule has 4 heterocycles. The minimum atomic E-state index is -0.736. The molecule has 5 rings (SSSR count). The third kappa shape index (κ3) is 9.43. The van der Waals surface area contributed by atoms with Gasteiger partial charge >= 0.3 is 5.97 Å². The number of carbonyl (C=O) groups is 1. The number of ether oxygens (including phenoxy) is 1. The van der Waals surface area contributed by atoms with E-state index in [1.165, 1.54) is 0 Å². The fourth-order valence-electron chi connectivity index (χ4n) is 4.71. The Morgan fingerprint density at radius 1 is 1.05 bits per heavy atom. The first-order chi connectivity index (χ1) is 19.3. The van der Waals surface area contributed by atoms with Crippen LogP contribution in [0.3, 0.4) is 0 Å². The Balaban J connectivity index is 0.00000242. The summed E-state index contributed by atoms with van der Waals surface area (Å²) in [6.45, 7) is 2.84. The Kier molecular flexibility index (Phi) is 12.2. The van der Waals surface area contributed by atoms with E-state index in [0.717, 1.165) is 42.8 Å². The molecule has 1 aliphatic rings. The van der Waals surface area contributed by atoms with E-state index < -0.39 is 5.97 Å². The van der Waals surface area contributed by atoms with E-state index in [1.807, 2.05) is 42.1 Å². The fourth-order valence-corrected chi connectivity index (χ4v) is 5.24. The number of carboxylic acids is 1. The van der Waals surface area contributed by atoms with Crippen molar-refractivity contribution >= 4 is 59.9 Å². The highest BCUT2D eigenvalue weighted by atomic mass is 35.5. The smallest absolute Gasteiger partial charge is 0.303 e. The Bertz CT molecular complexity index is 1460. The van der Waals surface area contributed by atoms with E-state index >= 15 is 0 Å². The number of nitrogens with one attached hydrogen (secondary N) is 1. The van der Waals surface area contributed by atoms with Crippen molar-refractivity contribution < 1.29 is 14.6 Å². The average molecular weight is 655 g/mol. The quantitative estimate of drug-likeness (QED) is 0.197. The SMILES string of the molecule is Cl.Cl.Cn1cnc(CNc2ncc(Oc3cc(CN4CCC(CC(=O)O)CC4)cc(-c4cc(Cl)cc(Cl)c4)n3)cn2)c1. The number of hydrogen-bond acceptors (Lipinski definition) is 8. The lowest BCUT2D eigenvalue weighted by atomic mass is 9.93. The van der Waals surface area contributed by atoms with Gasteiger partial charge in [-0.05, 0) is 61.7 Å². The molecule has 2 N–H and O–H groups in total. The summed E-state index contributed by atoms with van der Waals surface area (Å²) in [7, 11) is 1.92. The van der Waals surface area contributed by atoms with Crippen molar-refractivity contribution in [2.45, 2.75) is 32.4 Å². The molecule has 0 bridgehead atoms. The zero-order chi connectivity index (χ0) is 28.1. The molecule has 0 aliphatic carbocycles. The number of aryl methyl sites for hydroxylation is 1. The van der Waals surface area contributed by atoms with Gasteiger partial charge in [0.15, 0.2) is 5.75 Å². The number of rotatable bonds is 10. The van der Waals surface area contributed by atoms with Crippen molar-refractivity contribution in [2.75, 3.05) is 18.4 Å². The predicted molar refractivity (Wildman–Crippen MR) is 167 cm³/mol. The third-order valence-corrected chi connectivity index (χ3v) is 7.07. The van der Waals surface area contributed by atoms with Gasteiger partial charge in [-0.3, -0.25) is 9.69 Å². The second-order valence-electron chi connectivity index (χ2n) is 9.90. The minimum Gasteiger partial charge on any atom is -0.481 e. The molecule has 3 aromatic heterocycles. The van der Waals surface area contributed by atoms with E-state index in [2.05, 4.69) is 25.2 Å². The molecule has 0 amide bonds. The predicted octanol–water partition coefficient (Wildman–Crippen LogP) is 6.51. The lowest BCUT2D eigenvalue weighted by Gasteiger charge is -2.31. The molecule has 1 aliphatic heterocycles. The number of likely N-dealkylation sites (tertiary alicyclic amines) is 1. The number of pyridine rings is 1. The van der Waals surface area contributed by atoms with E-state index in [0.29, 0.717) is 46.4 Å². The van der Waals surface area contributed by atoms with Crippen LogP contribution in [0.4, 0.5) is 5.95 Å². The van der Waals surface area contributed by atoms with Gasteiger partial charge in [0.25, 0.3) is 0 Å². The number of imidazole rings is 1. The molecule has 0 spiro atoms. The third-order valence-electron chi connectivity index (χ3n) is 6.63. The number of anilines is 1. The fraction of sp³-hybridized carbons (Fsp3) is 0.321. The molecular weight excluding hydrogens is 624 g/mol. The molecular formula is C28H31Cl4N7O3. The molecule has 1 aromatic carbocycles. The number of carboxylic acid groups (broad SMARTS) is 1. The summed E-state index contributed by atoms with van der Waals surface area (Å²) in [6.07, 6.45) is 8.77. The summed E-state index contributed by atoms with van der Waals surface area (Å²) in [5.74, 6) is 0.774. The number of halogens is 4. The van der Waals surface area contributed by atoms with Crippen molar-refractivity contribution in [3.05, 3.63) is 76.6 Å². The molecule has 42 heavy (non-hydrogen) atoms. The molecule has 4 aromatic rings. The summed E-state index contributed by atoms with van der Waals surface area (Å²) in [4.78, 5) is 31.1. The molecule has 0 radical (unpaired) electrons. The van der Waals surface area contributed by atoms with Crippen LogP contribution in [0.15, 0.2) is 55.2 Å². The second-order valence-corrected chi connectivity index (χ2v) is 10.8. The molecule has 14 heteroatoms. The first-order valence-electron chi connectivity index (χ1n) is 12.9. The monoisotopic (exact) mass is 653 g/mol. The van der Waals surface area contributed by atoms with Crippen LogP contribution in [-0.2, 0) is 24.9 Å². The van der Waals surface area contributed by atoms with Crippen LogP contribution in [0.25, 0.3) is 11.3 Å². The van der Waals surface area contributed by atoms with Crippen LogP contribution >= 0.6 is 48.0 Å². The number of aromatic nitrogens is 5. The molecule has 224 valence electrons. The summed E-state index contributed by atoms with van der Waals surface area (Å²) < 4.78 is 7.96. The maximum Gasteiger partial charge on any atom is 0.303 e. The summed E-state index contributed by atoms with van der Waals surface area (Å²) in [6, 6.07) is 9.19. The lowest BCUT2D eigenvalue weighted by Crippen LogP contribution is -2.33. The normalized spacial score (nSPS) is 13.6. The Hall–Kier alpha value is -3.15. The maximum atomic E-state index is 11.1. The zero-order valence-electron chi connectivity index (χ0n) is 22.7. The van der Waals surface area contributed by atoms with Gasteiger partial charge in [0.1, 0.15) is 0 Å². The molecule has 1 fully saturated rings. The van der Waals surface area contributed by atoms with Gasteiger partial charge in [-0.25, -0.2) is 19.9 Å². The summed E-state index contributed by atoms with van der Waals surface area (Å²) in [5.41, 5.74) is 3.33. The number of benzene rings is 1. The number of piperidine rings is 1. The van der Waals surface area contributed by atoms with Gasteiger partial charge in [0.2, 0.25) is 11.8 Å². The Morgan fingerprint density at radius 3 is 2.36 bits per heavy atom. The van der Waals surface area contributed by atoms with Crippen molar-refractivity contribution in [3.8, 4) is 22.9 Å². The van der Waals surface area contributed by atoms with E-state index in [4.69, 9.17) is 38.0 Å². The van der Waals surface area contributed by atoms with Gasteiger partial charge in [-0.2, -0.15) is 0 Å². The van der Waals surface area contributed by atoms with Crippen LogP contribution < -0.4 is 10.1 Å². The van der Waals surface area contributed by atoms with Crippen LogP contribution in [0, 0.1) is 5.92 Å². The number of aliphatic carboxylic acids is 1. The molecule has 1 saturated heterocycles. The van der Waals surface area contributed by atoms with E-state index in [9.17, 15) is 4.79 Å². The van der Waals surface area contributed by atoms with Crippen LogP contribution in [0.2, 0.25) is 10.0 Å². The standard InChI is InChI=1S/C28H29Cl2N7O3.2ClH/c1-36-16-23(34-17-36)12-31-28-32-13-24(14-33-28)40-26-7-19(15-37-4-2-18(3-5-37)8-27(38)39)6-25(35-26)20-9-21(29)11-22(30)10-20;;/h6-7,9-11,13-14,16-18H,2-5,8,12,15H2,1H3,(H,38,39)(H,31,32,33);2*1H. The Morgan fingerprint density at radius 2 is 1.74 bits per heavy atom. The summed E-state index contributed by atoms with van der Waals surface area (Å²) in [5, 5.41) is 13.3. The molecule has 10 nitrogen and oxygen atoms in total. The molecule has 0 unspecified atom stereocenters. The Labute approximate surface area is 266 Å². The van der Waals surface area contributed by atoms with Crippen LogP contribution in [-0.4, -0.2) is 53.6 Å². The average Bonchev–Trinajstić information content (AvgIpc) is 3.33. The highest BCUT2D eigenvalue weighted by Crippen LogP contribution is 2.31. The zero-order valence-corrected chi connectivity index (χ0v) is 25.9. The van der Waals surface area contributed by atoms with Crippen molar-refractivity contribution in [3.63, 3.8) is 0 Å². The number of hydrogen-bond donors (Lipinski definition) is 2.